The maximum atomic E-state index is 14.6. The highest BCUT2D eigenvalue weighted by Crippen LogP contribution is 2.40. The number of nitrogens with one attached hydrogen (secondary N) is 1. The number of fused-ring (bicyclic) bond motifs is 1. The van der Waals surface area contributed by atoms with Crippen LogP contribution in [0.15, 0.2) is 66.3 Å². The van der Waals surface area contributed by atoms with E-state index in [4.69, 9.17) is 10.5 Å². The summed E-state index contributed by atoms with van der Waals surface area (Å²) in [6.45, 7) is 5.76. The van der Waals surface area contributed by atoms with E-state index in [1.54, 1.807) is 37.3 Å². The van der Waals surface area contributed by atoms with Crippen molar-refractivity contribution in [2.75, 3.05) is 11.9 Å². The van der Waals surface area contributed by atoms with E-state index in [0.717, 1.165) is 31.2 Å². The van der Waals surface area contributed by atoms with Gasteiger partial charge in [0.15, 0.2) is 0 Å². The van der Waals surface area contributed by atoms with Crippen molar-refractivity contribution in [3.05, 3.63) is 71.8 Å². The Bertz CT molecular complexity index is 1290. The van der Waals surface area contributed by atoms with Crippen LogP contribution < -0.4 is 15.8 Å². The van der Waals surface area contributed by atoms with Gasteiger partial charge in [-0.3, -0.25) is 4.79 Å². The molecule has 190 valence electrons. The van der Waals surface area contributed by atoms with Crippen molar-refractivity contribution < 1.29 is 18.3 Å². The zero-order valence-corrected chi connectivity index (χ0v) is 20.8. The molecule has 1 aliphatic rings. The van der Waals surface area contributed by atoms with Gasteiger partial charge in [-0.2, -0.15) is 0 Å². The number of carbonyl (C=O) groups excluding carboxylic acids is 1. The average Bonchev–Trinajstić information content (AvgIpc) is 3.15. The van der Waals surface area contributed by atoms with Crippen LogP contribution in [0.3, 0.4) is 0 Å². The van der Waals surface area contributed by atoms with Crippen molar-refractivity contribution in [3.63, 3.8) is 0 Å². The number of nitrogens with two attached hydrogens (primary N) is 1. The number of alkyl halides is 2. The van der Waals surface area contributed by atoms with Crippen LogP contribution in [0.25, 0.3) is 11.0 Å². The first-order valence-corrected chi connectivity index (χ1v) is 12.2. The van der Waals surface area contributed by atoms with Gasteiger partial charge in [-0.05, 0) is 67.3 Å². The zero-order valence-electron chi connectivity index (χ0n) is 20.8. The van der Waals surface area contributed by atoms with Gasteiger partial charge >= 0.3 is 0 Å². The standard InChI is InChI=1S/C28H32F2N4O2/c1-4-5-15-36-22-12-10-21(11-13-22)32-27-33-23-16-19(26(31)35)9-14-24(23)34(27)17-20-8-6-7-18(2)25(20)28(3,29)30/h6-14,16,18,25H,4-5,15,17H2,1-3H3,(H2,31,35)(H,32,33). The van der Waals surface area contributed by atoms with Crippen LogP contribution >= 0.6 is 0 Å². The number of anilines is 2. The molecule has 0 bridgehead atoms. The quantitative estimate of drug-likeness (QED) is 0.317. The summed E-state index contributed by atoms with van der Waals surface area (Å²) in [5.41, 5.74) is 8.43. The molecule has 1 aromatic heterocycles. The van der Waals surface area contributed by atoms with E-state index in [1.807, 2.05) is 34.9 Å². The maximum absolute atomic E-state index is 14.6. The largest absolute Gasteiger partial charge is 0.494 e. The number of unbranched alkanes of at least 4 members (excludes halogenated alkanes) is 1. The van der Waals surface area contributed by atoms with E-state index in [2.05, 4.69) is 17.2 Å². The summed E-state index contributed by atoms with van der Waals surface area (Å²) in [6.07, 6.45) is 7.44. The number of ether oxygens (including phenoxy) is 1. The molecule has 36 heavy (non-hydrogen) atoms. The third kappa shape index (κ3) is 5.58. The lowest BCUT2D eigenvalue weighted by atomic mass is 9.79. The van der Waals surface area contributed by atoms with Gasteiger partial charge in [0.25, 0.3) is 5.92 Å². The van der Waals surface area contributed by atoms with Gasteiger partial charge in [-0.25, -0.2) is 13.8 Å². The van der Waals surface area contributed by atoms with Gasteiger partial charge < -0.3 is 20.4 Å². The zero-order chi connectivity index (χ0) is 25.9. The first-order chi connectivity index (χ1) is 17.2. The van der Waals surface area contributed by atoms with Crippen molar-refractivity contribution in [3.8, 4) is 5.75 Å². The van der Waals surface area contributed by atoms with Crippen LogP contribution in [-0.2, 0) is 6.54 Å². The molecule has 0 aliphatic heterocycles. The second kappa shape index (κ2) is 10.5. The van der Waals surface area contributed by atoms with Crippen molar-refractivity contribution in [2.24, 2.45) is 17.6 Å². The summed E-state index contributed by atoms with van der Waals surface area (Å²) in [5.74, 6) is -3.43. The highest BCUT2D eigenvalue weighted by molar-refractivity contribution is 5.96. The third-order valence-electron chi connectivity index (χ3n) is 6.45. The molecule has 3 aromatic rings. The van der Waals surface area contributed by atoms with E-state index >= 15 is 0 Å². The second-order valence-corrected chi connectivity index (χ2v) is 9.36. The maximum Gasteiger partial charge on any atom is 0.252 e. The fourth-order valence-corrected chi connectivity index (χ4v) is 4.66. The molecule has 0 fully saturated rings. The highest BCUT2D eigenvalue weighted by atomic mass is 19.3. The van der Waals surface area contributed by atoms with Gasteiger partial charge in [0.1, 0.15) is 5.75 Å². The number of hydrogen-bond acceptors (Lipinski definition) is 4. The molecule has 1 heterocycles. The Hall–Kier alpha value is -3.68. The van der Waals surface area contributed by atoms with Gasteiger partial charge in [0.2, 0.25) is 11.9 Å². The van der Waals surface area contributed by atoms with Crippen LogP contribution in [-0.4, -0.2) is 28.0 Å². The molecule has 6 nitrogen and oxygen atoms in total. The number of benzene rings is 2. The molecule has 2 unspecified atom stereocenters. The summed E-state index contributed by atoms with van der Waals surface area (Å²) in [5, 5.41) is 3.31. The Kier molecular flexibility index (Phi) is 7.43. The summed E-state index contributed by atoms with van der Waals surface area (Å²) in [7, 11) is 0. The number of rotatable bonds is 10. The number of hydrogen-bond donors (Lipinski definition) is 2. The van der Waals surface area contributed by atoms with Crippen LogP contribution in [0.1, 0.15) is 44.0 Å². The first kappa shape index (κ1) is 25.4. The van der Waals surface area contributed by atoms with E-state index in [1.165, 1.54) is 0 Å². The third-order valence-corrected chi connectivity index (χ3v) is 6.45. The van der Waals surface area contributed by atoms with Crippen LogP contribution in [0.5, 0.6) is 5.75 Å². The number of aromatic nitrogens is 2. The van der Waals surface area contributed by atoms with Crippen LogP contribution in [0, 0.1) is 11.8 Å². The van der Waals surface area contributed by atoms with Gasteiger partial charge in [0.05, 0.1) is 23.6 Å². The number of carbonyl (C=O) groups is 1. The molecule has 0 radical (unpaired) electrons. The Morgan fingerprint density at radius 3 is 2.64 bits per heavy atom. The molecule has 0 saturated carbocycles. The molecule has 3 N–H and O–H groups in total. The van der Waals surface area contributed by atoms with E-state index in [-0.39, 0.29) is 12.5 Å². The van der Waals surface area contributed by atoms with E-state index in [0.29, 0.717) is 34.7 Å². The number of halogens is 2. The number of allylic oxidation sites excluding steroid dienone is 4. The Labute approximate surface area is 209 Å². The molecule has 8 heteroatoms. The smallest absolute Gasteiger partial charge is 0.252 e. The normalized spacial score (nSPS) is 17.8. The van der Waals surface area contributed by atoms with Crippen LogP contribution in [0.4, 0.5) is 20.4 Å². The van der Waals surface area contributed by atoms with Gasteiger partial charge in [-0.15, -0.1) is 0 Å². The van der Waals surface area contributed by atoms with Crippen molar-refractivity contribution >= 4 is 28.6 Å². The molecule has 0 saturated heterocycles. The molecule has 1 amide bonds. The Balaban J connectivity index is 1.70. The number of nitrogens with zero attached hydrogens (tertiary/aromatic N) is 2. The SMILES string of the molecule is CCCCOc1ccc(Nc2nc3cc(C(N)=O)ccc3n2CC2=CC=CC(C)C2C(C)(F)F)cc1. The lowest BCUT2D eigenvalue weighted by Crippen LogP contribution is -2.33. The van der Waals surface area contributed by atoms with Gasteiger partial charge in [-0.1, -0.05) is 38.5 Å². The second-order valence-electron chi connectivity index (χ2n) is 9.36. The molecular weight excluding hydrogens is 462 g/mol. The predicted molar refractivity (Wildman–Crippen MR) is 139 cm³/mol. The molecule has 2 aromatic carbocycles. The molecule has 0 spiro atoms. The highest BCUT2D eigenvalue weighted by Gasteiger charge is 2.40. The fraction of sp³-hybridized carbons (Fsp3) is 0.357. The monoisotopic (exact) mass is 494 g/mol. The minimum atomic E-state index is -2.88. The fourth-order valence-electron chi connectivity index (χ4n) is 4.66. The minimum absolute atomic E-state index is 0.218. The van der Waals surface area contributed by atoms with Crippen molar-refractivity contribution in [2.45, 2.75) is 46.1 Å². The van der Waals surface area contributed by atoms with Gasteiger partial charge in [0, 0.05) is 17.8 Å². The number of amides is 1. The Morgan fingerprint density at radius 1 is 1.22 bits per heavy atom. The lowest BCUT2D eigenvalue weighted by Gasteiger charge is -2.32. The molecule has 1 aliphatic carbocycles. The summed E-state index contributed by atoms with van der Waals surface area (Å²) in [6, 6.07) is 12.5. The molecule has 2 atom stereocenters. The number of imidazole rings is 1. The average molecular weight is 495 g/mol. The Morgan fingerprint density at radius 2 is 1.97 bits per heavy atom. The van der Waals surface area contributed by atoms with E-state index < -0.39 is 17.7 Å². The van der Waals surface area contributed by atoms with Crippen molar-refractivity contribution in [1.82, 2.24) is 9.55 Å². The minimum Gasteiger partial charge on any atom is -0.494 e. The first-order valence-electron chi connectivity index (χ1n) is 12.2. The number of primary amides is 1. The lowest BCUT2D eigenvalue weighted by molar-refractivity contribution is -0.0396. The topological polar surface area (TPSA) is 82.2 Å². The molecule has 4 rings (SSSR count). The molecular formula is C28H32F2N4O2. The summed E-state index contributed by atoms with van der Waals surface area (Å²) in [4.78, 5) is 16.4. The van der Waals surface area contributed by atoms with Crippen molar-refractivity contribution in [1.29, 1.82) is 0 Å². The van der Waals surface area contributed by atoms with E-state index in [9.17, 15) is 13.6 Å². The summed E-state index contributed by atoms with van der Waals surface area (Å²) >= 11 is 0. The van der Waals surface area contributed by atoms with Crippen LogP contribution in [0.2, 0.25) is 0 Å². The summed E-state index contributed by atoms with van der Waals surface area (Å²) < 4.78 is 36.8. The predicted octanol–water partition coefficient (Wildman–Crippen LogP) is 6.46.